The second-order valence-corrected chi connectivity index (χ2v) is 0.889. The van der Waals surface area contributed by atoms with Gasteiger partial charge in [0.15, 0.2) is 6.29 Å². The summed E-state index contributed by atoms with van der Waals surface area (Å²) in [5, 5.41) is 15.8. The first-order chi connectivity index (χ1) is 2.27. The minimum Gasteiger partial charge on any atom is -0.369 e. The average molecular weight is 94.1 g/mol. The second-order valence-electron chi connectivity index (χ2n) is 0.889. The Kier molecular flexibility index (Phi) is 7.57. The molecule has 0 bridgehead atoms. The Balaban J connectivity index is 0. The van der Waals surface area contributed by atoms with Crippen LogP contribution in [0.3, 0.4) is 0 Å². The summed E-state index contributed by atoms with van der Waals surface area (Å²) < 4.78 is 0. The number of aliphatic hydroxyl groups is 2. The van der Waals surface area contributed by atoms with Gasteiger partial charge in [0.2, 0.25) is 0 Å². The Hall–Kier alpha value is -0.120. The standard InChI is InChI=1S/C3H8O2.H3N/c1-2-3(4)5;/h3-5H,2H2,1H3;1H3/p+1. The van der Waals surface area contributed by atoms with Gasteiger partial charge in [-0.1, -0.05) is 6.92 Å². The van der Waals surface area contributed by atoms with Gasteiger partial charge in [-0.05, 0) is 6.42 Å². The molecule has 0 aliphatic heterocycles. The van der Waals surface area contributed by atoms with E-state index < -0.39 is 6.29 Å². The quantitative estimate of drug-likeness (QED) is 0.402. The zero-order chi connectivity index (χ0) is 4.28. The van der Waals surface area contributed by atoms with Crippen LogP contribution in [0.1, 0.15) is 13.3 Å². The van der Waals surface area contributed by atoms with Crippen LogP contribution in [0, 0.1) is 0 Å². The summed E-state index contributed by atoms with van der Waals surface area (Å²) in [5.41, 5.74) is 0. The molecule has 0 atom stereocenters. The smallest absolute Gasteiger partial charge is 0.151 e. The van der Waals surface area contributed by atoms with E-state index in [1.807, 2.05) is 0 Å². The third-order valence-corrected chi connectivity index (χ3v) is 0.365. The van der Waals surface area contributed by atoms with Crippen LogP contribution in [0.15, 0.2) is 0 Å². The Morgan fingerprint density at radius 3 is 1.67 bits per heavy atom. The van der Waals surface area contributed by atoms with Gasteiger partial charge < -0.3 is 16.4 Å². The summed E-state index contributed by atoms with van der Waals surface area (Å²) in [6.45, 7) is 1.70. The molecule has 0 saturated heterocycles. The fraction of sp³-hybridized carbons (Fsp3) is 1.00. The van der Waals surface area contributed by atoms with E-state index in [1.165, 1.54) is 0 Å². The van der Waals surface area contributed by atoms with Crippen molar-refractivity contribution in [3.05, 3.63) is 0 Å². The molecule has 0 heterocycles. The highest BCUT2D eigenvalue weighted by Gasteiger charge is 1.83. The average Bonchev–Trinajstić information content (AvgIpc) is 1.38. The second kappa shape index (κ2) is 4.88. The number of rotatable bonds is 1. The third-order valence-electron chi connectivity index (χ3n) is 0.365. The largest absolute Gasteiger partial charge is 0.369 e. The van der Waals surface area contributed by atoms with Gasteiger partial charge in [-0.2, -0.15) is 0 Å². The van der Waals surface area contributed by atoms with Crippen molar-refractivity contribution in [1.29, 1.82) is 0 Å². The lowest BCUT2D eigenvalue weighted by Crippen LogP contribution is -1.99. The van der Waals surface area contributed by atoms with Crippen LogP contribution in [0.4, 0.5) is 0 Å². The number of hydrogen-bond acceptors (Lipinski definition) is 2. The molecule has 0 spiro atoms. The molecule has 0 aromatic heterocycles. The molecule has 0 amide bonds. The molecule has 0 unspecified atom stereocenters. The Morgan fingerprint density at radius 2 is 1.67 bits per heavy atom. The minimum absolute atomic E-state index is 0. The fourth-order valence-corrected chi connectivity index (χ4v) is 0. The van der Waals surface area contributed by atoms with Gasteiger partial charge in [-0.15, -0.1) is 0 Å². The molecular formula is C3H12NO2+. The van der Waals surface area contributed by atoms with E-state index in [0.29, 0.717) is 6.42 Å². The minimum atomic E-state index is -1.12. The van der Waals surface area contributed by atoms with E-state index >= 15 is 0 Å². The van der Waals surface area contributed by atoms with Gasteiger partial charge in [0, 0.05) is 0 Å². The number of aliphatic hydroxyl groups excluding tert-OH is 1. The van der Waals surface area contributed by atoms with Crippen LogP contribution >= 0.6 is 0 Å². The van der Waals surface area contributed by atoms with Gasteiger partial charge in [0.1, 0.15) is 0 Å². The van der Waals surface area contributed by atoms with Gasteiger partial charge in [0.25, 0.3) is 0 Å². The maximum atomic E-state index is 7.92. The summed E-state index contributed by atoms with van der Waals surface area (Å²) in [6.07, 6.45) is -0.699. The van der Waals surface area contributed by atoms with E-state index in [1.54, 1.807) is 6.92 Å². The predicted molar refractivity (Wildman–Crippen MR) is 24.5 cm³/mol. The highest BCUT2D eigenvalue weighted by atomic mass is 16.5. The number of quaternary nitrogens is 1. The zero-order valence-electron chi connectivity index (χ0n) is 4.18. The normalized spacial score (nSPS) is 8.00. The summed E-state index contributed by atoms with van der Waals surface area (Å²) in [5.74, 6) is 0. The van der Waals surface area contributed by atoms with Crippen LogP contribution < -0.4 is 6.15 Å². The molecule has 6 heavy (non-hydrogen) atoms. The highest BCUT2D eigenvalue weighted by molar-refractivity contribution is 4.21. The van der Waals surface area contributed by atoms with Gasteiger partial charge in [0.05, 0.1) is 0 Å². The van der Waals surface area contributed by atoms with Crippen molar-refractivity contribution in [3.8, 4) is 0 Å². The van der Waals surface area contributed by atoms with Crippen molar-refractivity contribution in [1.82, 2.24) is 6.15 Å². The van der Waals surface area contributed by atoms with Crippen molar-refractivity contribution in [2.75, 3.05) is 0 Å². The van der Waals surface area contributed by atoms with Crippen LogP contribution in [0.2, 0.25) is 0 Å². The zero-order valence-corrected chi connectivity index (χ0v) is 4.18. The van der Waals surface area contributed by atoms with Gasteiger partial charge in [-0.25, -0.2) is 0 Å². The van der Waals surface area contributed by atoms with Gasteiger partial charge in [-0.3, -0.25) is 0 Å². The molecule has 0 rings (SSSR count). The molecule has 0 aliphatic rings. The van der Waals surface area contributed by atoms with Crippen molar-refractivity contribution in [2.45, 2.75) is 19.6 Å². The van der Waals surface area contributed by atoms with E-state index in [0.717, 1.165) is 0 Å². The molecule has 3 heteroatoms. The summed E-state index contributed by atoms with van der Waals surface area (Å²) in [4.78, 5) is 0. The van der Waals surface area contributed by atoms with Gasteiger partial charge >= 0.3 is 0 Å². The van der Waals surface area contributed by atoms with E-state index in [2.05, 4.69) is 0 Å². The SMILES string of the molecule is CCC(O)O.[NH4+]. The topological polar surface area (TPSA) is 77.0 Å². The summed E-state index contributed by atoms with van der Waals surface area (Å²) in [7, 11) is 0. The van der Waals surface area contributed by atoms with Crippen molar-refractivity contribution >= 4 is 0 Å². The van der Waals surface area contributed by atoms with Crippen LogP contribution in [0.5, 0.6) is 0 Å². The van der Waals surface area contributed by atoms with E-state index in [-0.39, 0.29) is 6.15 Å². The van der Waals surface area contributed by atoms with Crippen molar-refractivity contribution in [2.24, 2.45) is 0 Å². The predicted octanol–water partition coefficient (Wildman–Crippen LogP) is 0.0833. The molecule has 0 aromatic carbocycles. The van der Waals surface area contributed by atoms with Crippen LogP contribution in [0.25, 0.3) is 0 Å². The first-order valence-corrected chi connectivity index (χ1v) is 1.63. The van der Waals surface area contributed by atoms with E-state index in [9.17, 15) is 0 Å². The van der Waals surface area contributed by atoms with E-state index in [4.69, 9.17) is 10.2 Å². The van der Waals surface area contributed by atoms with Crippen molar-refractivity contribution in [3.63, 3.8) is 0 Å². The first-order valence-electron chi connectivity index (χ1n) is 1.63. The molecular weight excluding hydrogens is 82.0 g/mol. The highest BCUT2D eigenvalue weighted by Crippen LogP contribution is 1.77. The fourth-order valence-electron chi connectivity index (χ4n) is 0. The maximum absolute atomic E-state index is 7.92. The van der Waals surface area contributed by atoms with Crippen LogP contribution in [-0.2, 0) is 0 Å². The van der Waals surface area contributed by atoms with Crippen LogP contribution in [-0.4, -0.2) is 16.5 Å². The molecule has 0 aliphatic carbocycles. The molecule has 40 valence electrons. The third kappa shape index (κ3) is 9.11. The monoisotopic (exact) mass is 94.1 g/mol. The Bertz CT molecular complexity index is 22.8. The molecule has 0 saturated carbocycles. The molecule has 3 nitrogen and oxygen atoms in total. The summed E-state index contributed by atoms with van der Waals surface area (Å²) >= 11 is 0. The lowest BCUT2D eigenvalue weighted by molar-refractivity contribution is -0.0413. The molecule has 0 radical (unpaired) electrons. The summed E-state index contributed by atoms with van der Waals surface area (Å²) in [6, 6.07) is 0. The van der Waals surface area contributed by atoms with Crippen molar-refractivity contribution < 1.29 is 10.2 Å². The maximum Gasteiger partial charge on any atom is 0.151 e. The first kappa shape index (κ1) is 9.30. The Morgan fingerprint density at radius 1 is 1.50 bits per heavy atom. The molecule has 0 aromatic rings. The lowest BCUT2D eigenvalue weighted by Gasteiger charge is -1.90. The molecule has 6 N–H and O–H groups in total. The molecule has 0 fully saturated rings. The Labute approximate surface area is 37.2 Å². The lowest BCUT2D eigenvalue weighted by atomic mass is 10.5. The number of hydrogen-bond donors (Lipinski definition) is 3.